The SMILES string of the molecule is O=C1CCCC1C1CCCN1Cc1c(F)cccc1Cl. The summed E-state index contributed by atoms with van der Waals surface area (Å²) in [5, 5.41) is 0.480. The van der Waals surface area contributed by atoms with E-state index in [1.165, 1.54) is 6.07 Å². The van der Waals surface area contributed by atoms with Gasteiger partial charge in [-0.05, 0) is 44.4 Å². The van der Waals surface area contributed by atoms with E-state index in [2.05, 4.69) is 4.90 Å². The predicted molar refractivity (Wildman–Crippen MR) is 77.2 cm³/mol. The highest BCUT2D eigenvalue weighted by Gasteiger charge is 2.38. The third-order valence-corrected chi connectivity index (χ3v) is 5.01. The fourth-order valence-corrected chi connectivity index (χ4v) is 3.86. The lowest BCUT2D eigenvalue weighted by atomic mass is 9.95. The highest BCUT2D eigenvalue weighted by Crippen LogP contribution is 2.35. The van der Waals surface area contributed by atoms with E-state index in [4.69, 9.17) is 11.6 Å². The molecule has 0 aromatic heterocycles. The molecule has 2 fully saturated rings. The van der Waals surface area contributed by atoms with Crippen molar-refractivity contribution in [3.05, 3.63) is 34.6 Å². The minimum absolute atomic E-state index is 0.156. The summed E-state index contributed by atoms with van der Waals surface area (Å²) >= 11 is 6.11. The molecule has 108 valence electrons. The first-order valence-electron chi connectivity index (χ1n) is 7.36. The van der Waals surface area contributed by atoms with Crippen molar-refractivity contribution in [1.29, 1.82) is 0 Å². The zero-order chi connectivity index (χ0) is 14.1. The molecule has 1 aromatic carbocycles. The van der Waals surface area contributed by atoms with Gasteiger partial charge in [-0.3, -0.25) is 9.69 Å². The molecule has 2 atom stereocenters. The van der Waals surface area contributed by atoms with Crippen molar-refractivity contribution in [1.82, 2.24) is 4.90 Å². The zero-order valence-electron chi connectivity index (χ0n) is 11.4. The minimum Gasteiger partial charge on any atom is -0.299 e. The van der Waals surface area contributed by atoms with Gasteiger partial charge in [0.2, 0.25) is 0 Å². The van der Waals surface area contributed by atoms with Gasteiger partial charge in [-0.25, -0.2) is 4.39 Å². The second-order valence-corrected chi connectivity index (χ2v) is 6.25. The van der Waals surface area contributed by atoms with Crippen molar-refractivity contribution < 1.29 is 9.18 Å². The molecule has 2 unspecified atom stereocenters. The molecule has 1 saturated heterocycles. The van der Waals surface area contributed by atoms with Crippen LogP contribution in [0.4, 0.5) is 4.39 Å². The smallest absolute Gasteiger partial charge is 0.137 e. The lowest BCUT2D eigenvalue weighted by Crippen LogP contribution is -2.37. The molecule has 0 spiro atoms. The molecular formula is C16H19ClFNO. The van der Waals surface area contributed by atoms with E-state index in [1.807, 2.05) is 0 Å². The Morgan fingerprint density at radius 2 is 2.15 bits per heavy atom. The number of Topliss-reactive ketones (excluding diaryl/α,β-unsaturated/α-hetero) is 1. The molecule has 0 N–H and O–H groups in total. The first kappa shape index (κ1) is 14.0. The fourth-order valence-electron chi connectivity index (χ4n) is 3.64. The molecule has 3 rings (SSSR count). The van der Waals surface area contributed by atoms with Crippen molar-refractivity contribution >= 4 is 17.4 Å². The van der Waals surface area contributed by atoms with Gasteiger partial charge in [0.25, 0.3) is 0 Å². The van der Waals surface area contributed by atoms with Crippen LogP contribution in [0.1, 0.15) is 37.7 Å². The average Bonchev–Trinajstić information content (AvgIpc) is 3.02. The second kappa shape index (κ2) is 5.82. The van der Waals surface area contributed by atoms with Crippen LogP contribution in [-0.4, -0.2) is 23.3 Å². The number of hydrogen-bond donors (Lipinski definition) is 0. The van der Waals surface area contributed by atoms with E-state index < -0.39 is 0 Å². The van der Waals surface area contributed by atoms with Crippen LogP contribution in [0.2, 0.25) is 5.02 Å². The summed E-state index contributed by atoms with van der Waals surface area (Å²) in [6.07, 6.45) is 4.84. The van der Waals surface area contributed by atoms with Gasteiger partial charge in [0, 0.05) is 35.5 Å². The number of ketones is 1. The Kier molecular flexibility index (Phi) is 4.08. The van der Waals surface area contributed by atoms with Crippen LogP contribution in [0.25, 0.3) is 0 Å². The molecule has 0 amide bonds. The maximum Gasteiger partial charge on any atom is 0.137 e. The van der Waals surface area contributed by atoms with Crippen molar-refractivity contribution in [3.63, 3.8) is 0 Å². The molecular weight excluding hydrogens is 277 g/mol. The number of hydrogen-bond acceptors (Lipinski definition) is 2. The number of carbonyl (C=O) groups excluding carboxylic acids is 1. The standard InChI is InChI=1S/C16H19ClFNO/c17-13-5-2-6-14(18)12(13)10-19-9-3-7-15(19)11-4-1-8-16(11)20/h2,5-6,11,15H,1,3-4,7-10H2. The number of benzene rings is 1. The van der Waals surface area contributed by atoms with Gasteiger partial charge in [0.05, 0.1) is 0 Å². The molecule has 0 radical (unpaired) electrons. The topological polar surface area (TPSA) is 20.3 Å². The first-order chi connectivity index (χ1) is 9.66. The number of carbonyl (C=O) groups is 1. The van der Waals surface area contributed by atoms with Crippen LogP contribution in [0.3, 0.4) is 0 Å². The quantitative estimate of drug-likeness (QED) is 0.845. The van der Waals surface area contributed by atoms with Crippen molar-refractivity contribution in [2.45, 2.75) is 44.7 Å². The van der Waals surface area contributed by atoms with Gasteiger partial charge < -0.3 is 0 Å². The van der Waals surface area contributed by atoms with Gasteiger partial charge in [0.15, 0.2) is 0 Å². The fraction of sp³-hybridized carbons (Fsp3) is 0.562. The molecule has 1 heterocycles. The van der Waals surface area contributed by atoms with Crippen molar-refractivity contribution in [3.8, 4) is 0 Å². The van der Waals surface area contributed by atoms with E-state index in [0.717, 1.165) is 38.6 Å². The maximum absolute atomic E-state index is 13.9. The van der Waals surface area contributed by atoms with Crippen LogP contribution in [0, 0.1) is 11.7 Å². The Morgan fingerprint density at radius 1 is 1.30 bits per heavy atom. The number of likely N-dealkylation sites (tertiary alicyclic amines) is 1. The van der Waals surface area contributed by atoms with Gasteiger partial charge in [0.1, 0.15) is 11.6 Å². The third-order valence-electron chi connectivity index (χ3n) is 4.65. The zero-order valence-corrected chi connectivity index (χ0v) is 12.2. The lowest BCUT2D eigenvalue weighted by molar-refractivity contribution is -0.122. The Hall–Kier alpha value is -0.930. The molecule has 0 bridgehead atoms. The van der Waals surface area contributed by atoms with Crippen molar-refractivity contribution in [2.24, 2.45) is 5.92 Å². The Morgan fingerprint density at radius 3 is 2.85 bits per heavy atom. The summed E-state index contributed by atoms with van der Waals surface area (Å²) < 4.78 is 13.9. The summed E-state index contributed by atoms with van der Waals surface area (Å²) in [6, 6.07) is 5.09. The number of halogens is 2. The molecule has 1 saturated carbocycles. The van der Waals surface area contributed by atoms with E-state index in [-0.39, 0.29) is 17.8 Å². The van der Waals surface area contributed by atoms with Gasteiger partial charge in [-0.2, -0.15) is 0 Å². The van der Waals surface area contributed by atoms with Crippen LogP contribution >= 0.6 is 11.6 Å². The van der Waals surface area contributed by atoms with Gasteiger partial charge in [-0.15, -0.1) is 0 Å². The minimum atomic E-state index is -0.249. The monoisotopic (exact) mass is 295 g/mol. The Labute approximate surface area is 123 Å². The highest BCUT2D eigenvalue weighted by atomic mass is 35.5. The molecule has 4 heteroatoms. The van der Waals surface area contributed by atoms with Crippen LogP contribution in [-0.2, 0) is 11.3 Å². The van der Waals surface area contributed by atoms with E-state index in [1.54, 1.807) is 12.1 Å². The van der Waals surface area contributed by atoms with E-state index in [0.29, 0.717) is 22.9 Å². The molecule has 1 aromatic rings. The van der Waals surface area contributed by atoms with Crippen LogP contribution in [0.15, 0.2) is 18.2 Å². The summed E-state index contributed by atoms with van der Waals surface area (Å²) in [7, 11) is 0. The predicted octanol–water partition coefficient (Wildman–Crippen LogP) is 3.81. The molecule has 2 aliphatic rings. The molecule has 1 aliphatic heterocycles. The second-order valence-electron chi connectivity index (χ2n) is 5.85. The highest BCUT2D eigenvalue weighted by molar-refractivity contribution is 6.31. The lowest BCUT2D eigenvalue weighted by Gasteiger charge is -2.29. The maximum atomic E-state index is 13.9. The van der Waals surface area contributed by atoms with E-state index in [9.17, 15) is 9.18 Å². The van der Waals surface area contributed by atoms with E-state index >= 15 is 0 Å². The Bertz CT molecular complexity index is 499. The van der Waals surface area contributed by atoms with Gasteiger partial charge >= 0.3 is 0 Å². The average molecular weight is 296 g/mol. The largest absolute Gasteiger partial charge is 0.299 e. The summed E-state index contributed by atoms with van der Waals surface area (Å²) in [5.74, 6) is 0.297. The van der Waals surface area contributed by atoms with Crippen LogP contribution in [0.5, 0.6) is 0 Å². The number of rotatable bonds is 3. The molecule has 20 heavy (non-hydrogen) atoms. The number of nitrogens with zero attached hydrogens (tertiary/aromatic N) is 1. The van der Waals surface area contributed by atoms with Gasteiger partial charge in [-0.1, -0.05) is 17.7 Å². The first-order valence-corrected chi connectivity index (χ1v) is 7.74. The Balaban J connectivity index is 1.77. The molecule has 2 nitrogen and oxygen atoms in total. The summed E-state index contributed by atoms with van der Waals surface area (Å²) in [5.41, 5.74) is 0.562. The molecule has 1 aliphatic carbocycles. The third kappa shape index (κ3) is 2.61. The van der Waals surface area contributed by atoms with Crippen LogP contribution < -0.4 is 0 Å². The normalized spacial score (nSPS) is 27.4. The summed E-state index contributed by atoms with van der Waals surface area (Å²) in [6.45, 7) is 1.44. The summed E-state index contributed by atoms with van der Waals surface area (Å²) in [4.78, 5) is 14.2. The van der Waals surface area contributed by atoms with Crippen molar-refractivity contribution in [2.75, 3.05) is 6.54 Å².